The maximum absolute atomic E-state index is 13.5. The number of pyridine rings is 1. The molecule has 2 saturated heterocycles. The molecule has 0 aliphatic carbocycles. The van der Waals surface area contributed by atoms with Crippen LogP contribution in [0.15, 0.2) is 77.1 Å². The summed E-state index contributed by atoms with van der Waals surface area (Å²) in [6.45, 7) is 0.659. The van der Waals surface area contributed by atoms with Gasteiger partial charge in [-0.15, -0.1) is 22.0 Å². The SMILES string of the molecule is Cn1cnnc1SCC(=O)N[C@@H]1C(=O)N2C(C(=O)O)=C(/C=C3\CCN(Cc4cc[n+](CC(=O)Nc5ccc(O)c(F)c5)cc4)C3=O)CS[C@H]12. The number of phenols is 1. The molecule has 0 unspecified atom stereocenters. The number of carbonyl (C=O) groups excluding carboxylic acids is 4. The Bertz CT molecular complexity index is 1920. The number of thioether (sulfide) groups is 2. The van der Waals surface area contributed by atoms with E-state index in [1.165, 1.54) is 29.1 Å². The summed E-state index contributed by atoms with van der Waals surface area (Å²) in [6, 6.07) is 6.22. The fourth-order valence-electron chi connectivity index (χ4n) is 5.53. The van der Waals surface area contributed by atoms with E-state index in [0.29, 0.717) is 35.8 Å². The number of amides is 4. The molecule has 18 heteroatoms. The lowest BCUT2D eigenvalue weighted by atomic mass is 10.0. The minimum absolute atomic E-state index is 0.0107. The number of carboxylic acids is 1. The van der Waals surface area contributed by atoms with E-state index in [-0.39, 0.29) is 41.2 Å². The molecule has 15 nitrogen and oxygen atoms in total. The fourth-order valence-corrected chi connectivity index (χ4v) is 7.54. The van der Waals surface area contributed by atoms with E-state index in [9.17, 15) is 38.6 Å². The molecule has 0 bridgehead atoms. The first kappa shape index (κ1) is 33.7. The number of nitrogens with one attached hydrogen (secondary N) is 2. The highest BCUT2D eigenvalue weighted by Crippen LogP contribution is 2.41. The summed E-state index contributed by atoms with van der Waals surface area (Å²) in [4.78, 5) is 66.4. The van der Waals surface area contributed by atoms with Gasteiger partial charge in [-0.1, -0.05) is 11.8 Å². The van der Waals surface area contributed by atoms with Crippen molar-refractivity contribution in [2.24, 2.45) is 7.05 Å². The van der Waals surface area contributed by atoms with E-state index in [4.69, 9.17) is 0 Å². The molecular weight excluding hydrogens is 680 g/mol. The summed E-state index contributed by atoms with van der Waals surface area (Å²) in [6.07, 6.45) is 6.82. The van der Waals surface area contributed by atoms with Crippen molar-refractivity contribution in [2.45, 2.75) is 36.1 Å². The number of aryl methyl sites for hydroxylation is 1. The molecule has 5 heterocycles. The van der Waals surface area contributed by atoms with Gasteiger partial charge in [0.05, 0.1) is 5.75 Å². The molecule has 3 aliphatic heterocycles. The van der Waals surface area contributed by atoms with E-state index < -0.39 is 40.8 Å². The van der Waals surface area contributed by atoms with E-state index in [1.807, 2.05) is 0 Å². The van der Waals surface area contributed by atoms with E-state index >= 15 is 0 Å². The second kappa shape index (κ2) is 14.1. The smallest absolute Gasteiger partial charge is 0.352 e. The van der Waals surface area contributed by atoms with Gasteiger partial charge in [-0.25, -0.2) is 9.18 Å². The number of carbonyl (C=O) groups is 5. The third-order valence-electron chi connectivity index (χ3n) is 7.97. The van der Waals surface area contributed by atoms with Gasteiger partial charge in [0.15, 0.2) is 29.1 Å². The number of β-lactam (4-membered cyclic amide) rings is 1. The Hall–Kier alpha value is -5.23. The summed E-state index contributed by atoms with van der Waals surface area (Å²) in [5.74, 6) is -3.97. The van der Waals surface area contributed by atoms with Gasteiger partial charge in [0.2, 0.25) is 18.4 Å². The summed E-state index contributed by atoms with van der Waals surface area (Å²) in [5.41, 5.74) is 1.60. The van der Waals surface area contributed by atoms with Crippen LogP contribution in [0, 0.1) is 5.82 Å². The van der Waals surface area contributed by atoms with Crippen LogP contribution < -0.4 is 15.2 Å². The van der Waals surface area contributed by atoms with Crippen LogP contribution in [0.4, 0.5) is 10.1 Å². The van der Waals surface area contributed by atoms with Gasteiger partial charge in [-0.3, -0.25) is 24.1 Å². The maximum Gasteiger partial charge on any atom is 0.352 e. The highest BCUT2D eigenvalue weighted by atomic mass is 32.2. The largest absolute Gasteiger partial charge is 0.505 e. The Balaban J connectivity index is 1.04. The number of phenolic OH excluding ortho intramolecular Hbond substituents is 1. The number of nitrogens with zero attached hydrogens (tertiary/aromatic N) is 6. The first-order chi connectivity index (χ1) is 23.5. The minimum atomic E-state index is -1.29. The number of hydrogen-bond donors (Lipinski definition) is 4. The van der Waals surface area contributed by atoms with Crippen LogP contribution in [-0.2, 0) is 44.1 Å². The highest BCUT2D eigenvalue weighted by Gasteiger charge is 2.54. The van der Waals surface area contributed by atoms with Gasteiger partial charge in [0.1, 0.15) is 23.4 Å². The van der Waals surface area contributed by atoms with Crippen molar-refractivity contribution in [3.63, 3.8) is 0 Å². The van der Waals surface area contributed by atoms with Crippen LogP contribution in [0.5, 0.6) is 5.75 Å². The summed E-state index contributed by atoms with van der Waals surface area (Å²) in [7, 11) is 1.74. The van der Waals surface area contributed by atoms with Crippen molar-refractivity contribution in [1.82, 2.24) is 29.9 Å². The van der Waals surface area contributed by atoms with Crippen molar-refractivity contribution in [3.05, 3.63) is 83.4 Å². The van der Waals surface area contributed by atoms with Crippen molar-refractivity contribution in [2.75, 3.05) is 23.4 Å². The molecule has 254 valence electrons. The summed E-state index contributed by atoms with van der Waals surface area (Å²) < 4.78 is 16.8. The van der Waals surface area contributed by atoms with Gasteiger partial charge in [-0.05, 0) is 35.8 Å². The summed E-state index contributed by atoms with van der Waals surface area (Å²) >= 11 is 2.48. The Labute approximate surface area is 286 Å². The molecule has 0 spiro atoms. The van der Waals surface area contributed by atoms with Crippen LogP contribution in [0.3, 0.4) is 0 Å². The lowest BCUT2D eigenvalue weighted by Crippen LogP contribution is -2.70. The van der Waals surface area contributed by atoms with Gasteiger partial charge in [-0.2, -0.15) is 4.57 Å². The Morgan fingerprint density at radius 1 is 1.18 bits per heavy atom. The van der Waals surface area contributed by atoms with Crippen LogP contribution in [0.2, 0.25) is 0 Å². The van der Waals surface area contributed by atoms with Crippen molar-refractivity contribution in [1.29, 1.82) is 0 Å². The van der Waals surface area contributed by atoms with Gasteiger partial charge in [0, 0.05) is 55.3 Å². The van der Waals surface area contributed by atoms with E-state index in [2.05, 4.69) is 20.8 Å². The first-order valence-electron chi connectivity index (χ1n) is 14.9. The van der Waals surface area contributed by atoms with Crippen LogP contribution >= 0.6 is 23.5 Å². The number of carboxylic acid groups (broad SMARTS) is 1. The number of halogens is 1. The van der Waals surface area contributed by atoms with E-state index in [1.54, 1.807) is 51.7 Å². The average Bonchev–Trinajstić information content (AvgIpc) is 3.64. The molecule has 0 saturated carbocycles. The molecule has 4 amide bonds. The van der Waals surface area contributed by atoms with Crippen molar-refractivity contribution < 1.29 is 43.1 Å². The standard InChI is InChI=1S/C31H29FN8O7S2/c1-37-16-33-36-31(37)49-15-24(43)35-25-28(45)40-26(30(46)47)19(14-48-29(25)40)10-18-6-9-39(27(18)44)12-17-4-7-38(8-5-17)13-23(42)34-20-2-3-22(41)21(32)11-20/h2-5,7-8,10-11,16,25,29H,6,9,12-15H2,1H3,(H3-,34,35,41,42,43,46,47)/p+1/b18-10+/t25-,29-/m1/s1. The molecular formula is C31H30FN8O7S2+. The molecule has 4 N–H and O–H groups in total. The van der Waals surface area contributed by atoms with Gasteiger partial charge in [0.25, 0.3) is 11.8 Å². The monoisotopic (exact) mass is 709 g/mol. The Morgan fingerprint density at radius 2 is 1.96 bits per heavy atom. The zero-order valence-electron chi connectivity index (χ0n) is 25.9. The zero-order chi connectivity index (χ0) is 34.8. The van der Waals surface area contributed by atoms with Gasteiger partial charge < -0.3 is 30.3 Å². The number of benzene rings is 1. The van der Waals surface area contributed by atoms with E-state index in [0.717, 1.165) is 29.5 Å². The lowest BCUT2D eigenvalue weighted by Gasteiger charge is -2.49. The second-order valence-corrected chi connectivity index (χ2v) is 13.4. The Morgan fingerprint density at radius 3 is 2.65 bits per heavy atom. The average molecular weight is 710 g/mol. The van der Waals surface area contributed by atoms with Gasteiger partial charge >= 0.3 is 5.97 Å². The summed E-state index contributed by atoms with van der Waals surface area (Å²) in [5, 5.41) is 32.2. The van der Waals surface area contributed by atoms with Crippen molar-refractivity contribution in [3.8, 4) is 5.75 Å². The molecule has 2 aromatic heterocycles. The number of aromatic nitrogens is 4. The second-order valence-electron chi connectivity index (χ2n) is 11.4. The zero-order valence-corrected chi connectivity index (χ0v) is 27.5. The number of anilines is 1. The lowest BCUT2D eigenvalue weighted by molar-refractivity contribution is -0.684. The van der Waals surface area contributed by atoms with Crippen LogP contribution in [0.25, 0.3) is 0 Å². The quantitative estimate of drug-likeness (QED) is 0.0724. The number of allylic oxidation sites excluding steroid dienone is 1. The van der Waals surface area contributed by atoms with Crippen molar-refractivity contribution >= 4 is 58.8 Å². The van der Waals surface area contributed by atoms with Crippen LogP contribution in [0.1, 0.15) is 12.0 Å². The third kappa shape index (κ3) is 7.29. The molecule has 1 aromatic carbocycles. The maximum atomic E-state index is 13.5. The Kier molecular flexibility index (Phi) is 9.68. The molecule has 3 aromatic rings. The molecule has 2 fully saturated rings. The number of likely N-dealkylation sites (tertiary alicyclic amines) is 1. The molecule has 3 aliphatic rings. The normalized spacial score (nSPS) is 19.6. The highest BCUT2D eigenvalue weighted by molar-refractivity contribution is 8.00. The third-order valence-corrected chi connectivity index (χ3v) is 10.3. The molecule has 49 heavy (non-hydrogen) atoms. The minimum Gasteiger partial charge on any atom is -0.505 e. The number of fused-ring (bicyclic) bond motifs is 1. The van der Waals surface area contributed by atoms with Crippen LogP contribution in [-0.4, -0.2) is 93.8 Å². The molecule has 0 radical (unpaired) electrons. The topological polar surface area (TPSA) is 191 Å². The predicted octanol–water partition coefficient (Wildman–Crippen LogP) is 0.776. The number of aliphatic carboxylic acids is 1. The molecule has 2 atom stereocenters. The number of hydrogen-bond acceptors (Lipinski definition) is 10. The molecule has 6 rings (SSSR count). The fraction of sp³-hybridized carbons (Fsp3) is 0.290. The first-order valence-corrected chi connectivity index (χ1v) is 17.0. The predicted molar refractivity (Wildman–Crippen MR) is 173 cm³/mol. The number of rotatable bonds is 11. The number of aromatic hydroxyl groups is 1.